The maximum Gasteiger partial charge on any atom is 0.265 e. The van der Waals surface area contributed by atoms with E-state index in [1.807, 2.05) is 31.4 Å². The van der Waals surface area contributed by atoms with Crippen molar-refractivity contribution in [1.29, 1.82) is 0 Å². The number of hydrogen-bond acceptors (Lipinski definition) is 6. The summed E-state index contributed by atoms with van der Waals surface area (Å²) in [5.74, 6) is -0.638. The van der Waals surface area contributed by atoms with E-state index in [1.165, 1.54) is 23.5 Å². The molecular weight excluding hydrogens is 400 g/mol. The Kier molecular flexibility index (Phi) is 5.76. The molecule has 2 aromatic rings. The van der Waals surface area contributed by atoms with Crippen LogP contribution in [0, 0.1) is 12.8 Å². The molecule has 0 radical (unpaired) electrons. The van der Waals surface area contributed by atoms with Gasteiger partial charge in [-0.05, 0) is 42.3 Å². The van der Waals surface area contributed by atoms with E-state index in [1.54, 1.807) is 6.92 Å². The summed E-state index contributed by atoms with van der Waals surface area (Å²) in [7, 11) is -4.05. The zero-order valence-corrected chi connectivity index (χ0v) is 17.4. The molecule has 7 nitrogen and oxygen atoms in total. The number of thiophene rings is 1. The summed E-state index contributed by atoms with van der Waals surface area (Å²) in [6, 6.07) is 6.67. The first-order valence-electron chi connectivity index (χ1n) is 8.87. The van der Waals surface area contributed by atoms with Crippen molar-refractivity contribution >= 4 is 38.9 Å². The van der Waals surface area contributed by atoms with Crippen LogP contribution >= 0.6 is 11.3 Å². The maximum atomic E-state index is 12.7. The number of amides is 2. The Labute approximate surface area is 168 Å². The number of nitrogens with one attached hydrogen (secondary N) is 2. The monoisotopic (exact) mass is 422 g/mol. The summed E-state index contributed by atoms with van der Waals surface area (Å²) in [6.45, 7) is 5.29. The van der Waals surface area contributed by atoms with Crippen molar-refractivity contribution in [2.24, 2.45) is 5.92 Å². The first kappa shape index (κ1) is 20.3. The Morgan fingerprint density at radius 2 is 2.11 bits per heavy atom. The van der Waals surface area contributed by atoms with Crippen LogP contribution in [0.1, 0.15) is 30.7 Å². The molecule has 2 heterocycles. The first-order valence-corrected chi connectivity index (χ1v) is 11.2. The number of anilines is 1. The largest absolute Gasteiger partial charge is 0.478 e. The van der Waals surface area contributed by atoms with Gasteiger partial charge in [0.1, 0.15) is 5.75 Å². The number of carbonyl (C=O) groups is 2. The quantitative estimate of drug-likeness (QED) is 0.745. The predicted molar refractivity (Wildman–Crippen MR) is 107 cm³/mol. The molecule has 2 N–H and O–H groups in total. The molecule has 0 fully saturated rings. The summed E-state index contributed by atoms with van der Waals surface area (Å²) in [5.41, 5.74) is 0.826. The highest BCUT2D eigenvalue weighted by molar-refractivity contribution is 7.90. The van der Waals surface area contributed by atoms with E-state index in [-0.39, 0.29) is 28.9 Å². The van der Waals surface area contributed by atoms with Gasteiger partial charge in [-0.15, -0.1) is 11.3 Å². The summed E-state index contributed by atoms with van der Waals surface area (Å²) in [4.78, 5) is 25.2. The molecule has 28 heavy (non-hydrogen) atoms. The molecule has 1 aliphatic heterocycles. The third-order valence-electron chi connectivity index (χ3n) is 4.37. The van der Waals surface area contributed by atoms with Gasteiger partial charge in [0.25, 0.3) is 15.9 Å². The summed E-state index contributed by atoms with van der Waals surface area (Å²) >= 11 is 1.52. The Morgan fingerprint density at radius 3 is 2.75 bits per heavy atom. The average Bonchev–Trinajstić information content (AvgIpc) is 3.11. The molecule has 9 heteroatoms. The van der Waals surface area contributed by atoms with Crippen LogP contribution in [0.15, 0.2) is 34.5 Å². The molecular formula is C19H22N2O5S2. The van der Waals surface area contributed by atoms with Crippen molar-refractivity contribution in [3.63, 3.8) is 0 Å². The summed E-state index contributed by atoms with van der Waals surface area (Å²) in [6.07, 6.45) is -0.148. The van der Waals surface area contributed by atoms with E-state index in [4.69, 9.17) is 4.74 Å². The molecule has 0 saturated heterocycles. The Balaban J connectivity index is 1.79. The molecule has 0 spiro atoms. The van der Waals surface area contributed by atoms with E-state index in [0.717, 1.165) is 4.88 Å². The van der Waals surface area contributed by atoms with Crippen LogP contribution in [0.2, 0.25) is 0 Å². The lowest BCUT2D eigenvalue weighted by atomic mass is 10.0. The Morgan fingerprint density at radius 1 is 1.36 bits per heavy atom. The first-order chi connectivity index (χ1) is 13.2. The van der Waals surface area contributed by atoms with Crippen molar-refractivity contribution in [2.45, 2.75) is 44.6 Å². The summed E-state index contributed by atoms with van der Waals surface area (Å²) in [5, 5.41) is 4.65. The molecule has 150 valence electrons. The van der Waals surface area contributed by atoms with Gasteiger partial charge in [-0.25, -0.2) is 13.1 Å². The number of ether oxygens (including phenoxy) is 1. The topological polar surface area (TPSA) is 102 Å². The van der Waals surface area contributed by atoms with Gasteiger partial charge >= 0.3 is 0 Å². The minimum atomic E-state index is -4.05. The number of sulfonamides is 1. The molecule has 1 aliphatic rings. The number of hydrogen-bond donors (Lipinski definition) is 2. The van der Waals surface area contributed by atoms with E-state index in [0.29, 0.717) is 17.7 Å². The van der Waals surface area contributed by atoms with Gasteiger partial charge in [0, 0.05) is 17.4 Å². The van der Waals surface area contributed by atoms with Crippen molar-refractivity contribution in [1.82, 2.24) is 4.72 Å². The molecule has 1 aromatic heterocycles. The van der Waals surface area contributed by atoms with Crippen LogP contribution in [-0.2, 0) is 26.0 Å². The average molecular weight is 423 g/mol. The minimum Gasteiger partial charge on any atom is -0.478 e. The lowest BCUT2D eigenvalue weighted by Gasteiger charge is -2.29. The lowest BCUT2D eigenvalue weighted by Crippen LogP contribution is -2.40. The molecule has 0 bridgehead atoms. The normalized spacial score (nSPS) is 16.3. The second-order valence-electron chi connectivity index (χ2n) is 6.99. The lowest BCUT2D eigenvalue weighted by molar-refractivity contribution is -0.125. The van der Waals surface area contributed by atoms with Gasteiger partial charge in [-0.1, -0.05) is 19.9 Å². The smallest absolute Gasteiger partial charge is 0.265 e. The second-order valence-corrected chi connectivity index (χ2v) is 9.68. The van der Waals surface area contributed by atoms with Gasteiger partial charge in [-0.2, -0.15) is 0 Å². The molecule has 0 unspecified atom stereocenters. The molecule has 1 atom stereocenters. The van der Waals surface area contributed by atoms with Gasteiger partial charge < -0.3 is 10.1 Å². The minimum absolute atomic E-state index is 0.0469. The summed E-state index contributed by atoms with van der Waals surface area (Å²) < 4.78 is 33.3. The highest BCUT2D eigenvalue weighted by atomic mass is 32.2. The zero-order chi connectivity index (χ0) is 20.5. The van der Waals surface area contributed by atoms with E-state index in [9.17, 15) is 18.0 Å². The molecule has 0 saturated carbocycles. The predicted octanol–water partition coefficient (Wildman–Crippen LogP) is 2.85. The number of aryl methyl sites for hydroxylation is 2. The highest BCUT2D eigenvalue weighted by Gasteiger charge is 2.32. The van der Waals surface area contributed by atoms with Gasteiger partial charge in [0.15, 0.2) is 6.10 Å². The van der Waals surface area contributed by atoms with Crippen LogP contribution in [0.4, 0.5) is 5.69 Å². The van der Waals surface area contributed by atoms with E-state index in [2.05, 4.69) is 10.0 Å². The zero-order valence-electron chi connectivity index (χ0n) is 15.8. The Bertz CT molecular complexity index is 998. The van der Waals surface area contributed by atoms with Crippen LogP contribution in [0.3, 0.4) is 0 Å². The number of carbonyl (C=O) groups excluding carboxylic acids is 2. The fourth-order valence-corrected chi connectivity index (χ4v) is 4.90. The van der Waals surface area contributed by atoms with Crippen molar-refractivity contribution in [3.8, 4) is 5.75 Å². The number of fused-ring (bicyclic) bond motifs is 1. The molecule has 0 aliphatic carbocycles. The number of rotatable bonds is 6. The van der Waals surface area contributed by atoms with Gasteiger partial charge in [0.2, 0.25) is 5.91 Å². The van der Waals surface area contributed by atoms with Crippen LogP contribution in [-0.4, -0.2) is 26.3 Å². The number of benzene rings is 1. The maximum absolute atomic E-state index is 12.7. The van der Waals surface area contributed by atoms with E-state index >= 15 is 0 Å². The standard InChI is InChI=1S/C19H22N2O5S2/c1-11(2)18-19(23)20-14-9-12(3)16(10-15(14)26-18)28(24,25)21-17(22)7-6-13-5-4-8-27-13/h4-5,8-11,18H,6-7H2,1-3H3,(H,20,23)(H,21,22)/t18-/m0/s1. The SMILES string of the molecule is Cc1cc2c(cc1S(=O)(=O)NC(=O)CCc1cccs1)O[C@@H](C(C)C)C(=O)N2. The highest BCUT2D eigenvalue weighted by Crippen LogP contribution is 2.35. The van der Waals surface area contributed by atoms with Crippen LogP contribution < -0.4 is 14.8 Å². The van der Waals surface area contributed by atoms with Crippen molar-refractivity contribution in [2.75, 3.05) is 5.32 Å². The third kappa shape index (κ3) is 4.36. The van der Waals surface area contributed by atoms with Crippen molar-refractivity contribution in [3.05, 3.63) is 40.1 Å². The molecule has 1 aromatic carbocycles. The molecule has 2 amide bonds. The fraction of sp³-hybridized carbons (Fsp3) is 0.368. The van der Waals surface area contributed by atoms with Crippen LogP contribution in [0.5, 0.6) is 5.75 Å². The van der Waals surface area contributed by atoms with Gasteiger partial charge in [0.05, 0.1) is 10.6 Å². The van der Waals surface area contributed by atoms with Crippen LogP contribution in [0.25, 0.3) is 0 Å². The fourth-order valence-electron chi connectivity index (χ4n) is 2.93. The Hall–Kier alpha value is -2.39. The van der Waals surface area contributed by atoms with E-state index < -0.39 is 22.0 Å². The van der Waals surface area contributed by atoms with Crippen molar-refractivity contribution < 1.29 is 22.7 Å². The second kappa shape index (κ2) is 7.92. The molecule has 3 rings (SSSR count). The third-order valence-corrected chi connectivity index (χ3v) is 6.82. The van der Waals surface area contributed by atoms with Gasteiger partial charge in [-0.3, -0.25) is 9.59 Å².